The Morgan fingerprint density at radius 1 is 1.45 bits per heavy atom. The number of halogens is 1. The molecular weight excluding hydrogens is 290 g/mol. The highest BCUT2D eigenvalue weighted by Gasteiger charge is 2.50. The van der Waals surface area contributed by atoms with Gasteiger partial charge >= 0.3 is 0 Å². The van der Waals surface area contributed by atoms with Crippen molar-refractivity contribution >= 4 is 22.9 Å². The molecule has 2 aliphatic carbocycles. The molecule has 3 atom stereocenters. The Bertz CT molecular complexity index is 449. The number of hydrogen-bond acceptors (Lipinski definition) is 3. The van der Waals surface area contributed by atoms with Crippen LogP contribution in [0.25, 0.3) is 0 Å². The Hall–Kier alpha value is -0.0900. The average Bonchev–Trinajstić information content (AvgIpc) is 3.11. The zero-order valence-corrected chi connectivity index (χ0v) is 13.7. The minimum Gasteiger partial charge on any atom is -0.383 e. The van der Waals surface area contributed by atoms with Crippen LogP contribution in [-0.4, -0.2) is 26.8 Å². The topological polar surface area (TPSA) is 21.3 Å². The Labute approximate surface area is 130 Å². The zero-order chi connectivity index (χ0) is 14.0. The predicted octanol–water partition coefficient (Wildman–Crippen LogP) is 3.99. The number of fused-ring (bicyclic) bond motifs is 2. The smallest absolute Gasteiger partial charge is 0.0931 e. The van der Waals surface area contributed by atoms with Gasteiger partial charge in [0.25, 0.3) is 0 Å². The van der Waals surface area contributed by atoms with Gasteiger partial charge in [0, 0.05) is 25.1 Å². The summed E-state index contributed by atoms with van der Waals surface area (Å²) in [6, 6.07) is 4.26. The second kappa shape index (κ2) is 6.35. The SMILES string of the molecule is COCCNCC1(Cc2ccc(Cl)s2)CC2CCC1C2. The lowest BCUT2D eigenvalue weighted by atomic mass is 9.70. The summed E-state index contributed by atoms with van der Waals surface area (Å²) in [5.41, 5.74) is 0.463. The molecule has 1 aromatic heterocycles. The van der Waals surface area contributed by atoms with Crippen LogP contribution in [0.15, 0.2) is 12.1 Å². The quantitative estimate of drug-likeness (QED) is 0.769. The van der Waals surface area contributed by atoms with Gasteiger partial charge in [-0.2, -0.15) is 0 Å². The highest BCUT2D eigenvalue weighted by atomic mass is 35.5. The van der Waals surface area contributed by atoms with Crippen LogP contribution in [0.3, 0.4) is 0 Å². The normalized spacial score (nSPS) is 32.1. The van der Waals surface area contributed by atoms with E-state index in [0.29, 0.717) is 5.41 Å². The summed E-state index contributed by atoms with van der Waals surface area (Å²) in [6.07, 6.45) is 6.93. The van der Waals surface area contributed by atoms with E-state index in [1.54, 1.807) is 18.4 Å². The van der Waals surface area contributed by atoms with Crippen LogP contribution in [0, 0.1) is 17.3 Å². The number of methoxy groups -OCH3 is 1. The molecule has 0 radical (unpaired) electrons. The van der Waals surface area contributed by atoms with Crippen molar-refractivity contribution in [3.8, 4) is 0 Å². The number of rotatable bonds is 7. The average molecular weight is 314 g/mol. The standard InChI is InChI=1S/C16H24ClNOS/c1-19-7-6-18-11-16(9-12-2-3-13(16)8-12)10-14-4-5-15(17)20-14/h4-5,12-13,18H,2-3,6-11H2,1H3. The molecule has 1 heterocycles. The van der Waals surface area contributed by atoms with Gasteiger partial charge in [0.05, 0.1) is 10.9 Å². The molecule has 0 amide bonds. The number of ether oxygens (including phenoxy) is 1. The van der Waals surface area contributed by atoms with Crippen molar-refractivity contribution in [2.75, 3.05) is 26.8 Å². The van der Waals surface area contributed by atoms with Crippen molar-refractivity contribution in [2.24, 2.45) is 17.3 Å². The summed E-state index contributed by atoms with van der Waals surface area (Å²) < 4.78 is 6.07. The summed E-state index contributed by atoms with van der Waals surface area (Å²) in [6.45, 7) is 2.89. The van der Waals surface area contributed by atoms with Gasteiger partial charge in [-0.05, 0) is 55.1 Å². The van der Waals surface area contributed by atoms with Gasteiger partial charge in [-0.25, -0.2) is 0 Å². The van der Waals surface area contributed by atoms with Crippen molar-refractivity contribution < 1.29 is 4.74 Å². The van der Waals surface area contributed by atoms with Gasteiger partial charge in [0.15, 0.2) is 0 Å². The summed E-state index contributed by atoms with van der Waals surface area (Å²) in [5, 5.41) is 3.63. The van der Waals surface area contributed by atoms with Crippen LogP contribution in [0.2, 0.25) is 4.34 Å². The van der Waals surface area contributed by atoms with Crippen LogP contribution >= 0.6 is 22.9 Å². The molecule has 2 saturated carbocycles. The molecule has 4 heteroatoms. The van der Waals surface area contributed by atoms with Crippen LogP contribution in [-0.2, 0) is 11.2 Å². The third-order valence-electron chi connectivity index (χ3n) is 5.22. The van der Waals surface area contributed by atoms with E-state index in [2.05, 4.69) is 11.4 Å². The molecule has 0 aromatic carbocycles. The molecule has 2 aliphatic rings. The molecule has 2 bridgehead atoms. The molecule has 112 valence electrons. The zero-order valence-electron chi connectivity index (χ0n) is 12.2. The molecule has 1 aromatic rings. The van der Waals surface area contributed by atoms with E-state index in [1.165, 1.54) is 37.0 Å². The van der Waals surface area contributed by atoms with Crippen molar-refractivity contribution in [1.82, 2.24) is 5.32 Å². The predicted molar refractivity (Wildman–Crippen MR) is 85.7 cm³/mol. The second-order valence-corrected chi connectivity index (χ2v) is 8.29. The molecule has 20 heavy (non-hydrogen) atoms. The van der Waals surface area contributed by atoms with E-state index in [1.807, 2.05) is 6.07 Å². The molecule has 1 N–H and O–H groups in total. The van der Waals surface area contributed by atoms with Crippen molar-refractivity contribution in [1.29, 1.82) is 0 Å². The molecule has 0 aliphatic heterocycles. The minimum atomic E-state index is 0.463. The minimum absolute atomic E-state index is 0.463. The Morgan fingerprint density at radius 2 is 2.35 bits per heavy atom. The maximum absolute atomic E-state index is 6.10. The van der Waals surface area contributed by atoms with E-state index in [9.17, 15) is 0 Å². The molecule has 2 fully saturated rings. The maximum atomic E-state index is 6.10. The van der Waals surface area contributed by atoms with Gasteiger partial charge in [-0.3, -0.25) is 0 Å². The van der Waals surface area contributed by atoms with E-state index >= 15 is 0 Å². The molecule has 3 rings (SSSR count). The van der Waals surface area contributed by atoms with Crippen molar-refractivity contribution in [3.05, 3.63) is 21.3 Å². The molecule has 0 spiro atoms. The highest BCUT2D eigenvalue weighted by molar-refractivity contribution is 7.16. The maximum Gasteiger partial charge on any atom is 0.0931 e. The third-order valence-corrected chi connectivity index (χ3v) is 6.45. The van der Waals surface area contributed by atoms with Crippen molar-refractivity contribution in [3.63, 3.8) is 0 Å². The Morgan fingerprint density at radius 3 is 2.95 bits per heavy atom. The van der Waals surface area contributed by atoms with E-state index < -0.39 is 0 Å². The fourth-order valence-corrected chi connectivity index (χ4v) is 5.60. The fraction of sp³-hybridized carbons (Fsp3) is 0.750. The molecular formula is C16H24ClNOS. The Kier molecular flexibility index (Phi) is 4.71. The third kappa shape index (κ3) is 3.06. The first-order valence-electron chi connectivity index (χ1n) is 7.66. The molecule has 3 unspecified atom stereocenters. The summed E-state index contributed by atoms with van der Waals surface area (Å²) in [7, 11) is 1.77. The van der Waals surface area contributed by atoms with Gasteiger partial charge in [0.2, 0.25) is 0 Å². The van der Waals surface area contributed by atoms with Crippen LogP contribution < -0.4 is 5.32 Å². The lowest BCUT2D eigenvalue weighted by molar-refractivity contribution is 0.146. The lowest BCUT2D eigenvalue weighted by Crippen LogP contribution is -2.41. The van der Waals surface area contributed by atoms with Crippen LogP contribution in [0.1, 0.15) is 30.6 Å². The second-order valence-electron chi connectivity index (χ2n) is 6.49. The summed E-state index contributed by atoms with van der Waals surface area (Å²) in [5.74, 6) is 1.88. The monoisotopic (exact) mass is 313 g/mol. The first-order valence-corrected chi connectivity index (χ1v) is 8.85. The number of hydrogen-bond donors (Lipinski definition) is 1. The summed E-state index contributed by atoms with van der Waals surface area (Å²) >= 11 is 7.86. The largest absolute Gasteiger partial charge is 0.383 e. The van der Waals surface area contributed by atoms with Gasteiger partial charge in [-0.15, -0.1) is 11.3 Å². The van der Waals surface area contributed by atoms with Crippen LogP contribution in [0.4, 0.5) is 0 Å². The van der Waals surface area contributed by atoms with Gasteiger partial charge in [-0.1, -0.05) is 18.0 Å². The van der Waals surface area contributed by atoms with Gasteiger partial charge < -0.3 is 10.1 Å². The van der Waals surface area contributed by atoms with Gasteiger partial charge in [0.1, 0.15) is 0 Å². The first-order chi connectivity index (χ1) is 9.72. The van der Waals surface area contributed by atoms with Crippen molar-refractivity contribution in [2.45, 2.75) is 32.1 Å². The van der Waals surface area contributed by atoms with E-state index in [-0.39, 0.29) is 0 Å². The molecule has 2 nitrogen and oxygen atoms in total. The Balaban J connectivity index is 1.67. The van der Waals surface area contributed by atoms with E-state index in [4.69, 9.17) is 16.3 Å². The highest BCUT2D eigenvalue weighted by Crippen LogP contribution is 2.57. The fourth-order valence-electron chi connectivity index (χ4n) is 4.36. The first kappa shape index (κ1) is 14.8. The van der Waals surface area contributed by atoms with E-state index in [0.717, 1.165) is 35.9 Å². The summed E-state index contributed by atoms with van der Waals surface area (Å²) in [4.78, 5) is 1.45. The number of thiophene rings is 1. The van der Waals surface area contributed by atoms with Crippen LogP contribution in [0.5, 0.6) is 0 Å². The number of nitrogens with one attached hydrogen (secondary N) is 1. The molecule has 0 saturated heterocycles. The lowest BCUT2D eigenvalue weighted by Gasteiger charge is -2.38.